The van der Waals surface area contributed by atoms with Crippen LogP contribution in [0.5, 0.6) is 0 Å². The summed E-state index contributed by atoms with van der Waals surface area (Å²) in [7, 11) is 0. The summed E-state index contributed by atoms with van der Waals surface area (Å²) in [6, 6.07) is 13.0. The first kappa shape index (κ1) is 9.97. The minimum Gasteiger partial charge on any atom is -0.0984 e. The van der Waals surface area contributed by atoms with Crippen LogP contribution in [0.3, 0.4) is 0 Å². The number of aryl methyl sites for hydroxylation is 1. The highest BCUT2D eigenvalue weighted by molar-refractivity contribution is 5.91. The van der Waals surface area contributed by atoms with Crippen molar-refractivity contribution in [2.45, 2.75) is 19.8 Å². The molecule has 0 unspecified atom stereocenters. The first-order chi connectivity index (χ1) is 7.35. The van der Waals surface area contributed by atoms with Gasteiger partial charge in [0.2, 0.25) is 0 Å². The van der Waals surface area contributed by atoms with E-state index in [1.54, 1.807) is 0 Å². The lowest BCUT2D eigenvalue weighted by Crippen LogP contribution is -1.86. The largest absolute Gasteiger partial charge is 0.0984 e. The molecule has 0 fully saturated rings. The van der Waals surface area contributed by atoms with Gasteiger partial charge in [-0.3, -0.25) is 0 Å². The average molecular weight is 196 g/mol. The number of rotatable bonds is 3. The zero-order valence-electron chi connectivity index (χ0n) is 9.16. The summed E-state index contributed by atoms with van der Waals surface area (Å²) in [5.74, 6) is 0. The third kappa shape index (κ3) is 1.94. The van der Waals surface area contributed by atoms with Crippen molar-refractivity contribution >= 4 is 16.8 Å². The molecule has 0 saturated carbocycles. The van der Waals surface area contributed by atoms with Crippen LogP contribution in [0.4, 0.5) is 0 Å². The molecule has 76 valence electrons. The van der Waals surface area contributed by atoms with Gasteiger partial charge in [0.1, 0.15) is 0 Å². The van der Waals surface area contributed by atoms with Crippen LogP contribution in [0.15, 0.2) is 43.0 Å². The lowest BCUT2D eigenvalue weighted by atomic mass is 9.99. The van der Waals surface area contributed by atoms with Crippen molar-refractivity contribution < 1.29 is 0 Å². The molecule has 2 aromatic rings. The molecule has 15 heavy (non-hydrogen) atoms. The average Bonchev–Trinajstić information content (AvgIpc) is 2.28. The SMILES string of the molecule is C=Cc1cc(CCC)cc2ccccc12. The van der Waals surface area contributed by atoms with Gasteiger partial charge in [-0.15, -0.1) is 0 Å². The Morgan fingerprint density at radius 2 is 2.00 bits per heavy atom. The van der Waals surface area contributed by atoms with Crippen LogP contribution in [0.2, 0.25) is 0 Å². The van der Waals surface area contributed by atoms with E-state index in [4.69, 9.17) is 0 Å². The fourth-order valence-electron chi connectivity index (χ4n) is 2.01. The molecule has 0 heteroatoms. The number of fused-ring (bicyclic) bond motifs is 1. The van der Waals surface area contributed by atoms with Crippen LogP contribution >= 0.6 is 0 Å². The summed E-state index contributed by atoms with van der Waals surface area (Å²) in [6.07, 6.45) is 4.28. The molecule has 2 rings (SSSR count). The van der Waals surface area contributed by atoms with E-state index in [1.165, 1.54) is 28.3 Å². The van der Waals surface area contributed by atoms with E-state index in [0.29, 0.717) is 0 Å². The van der Waals surface area contributed by atoms with Crippen molar-refractivity contribution in [1.82, 2.24) is 0 Å². The molecule has 0 aromatic heterocycles. The lowest BCUT2D eigenvalue weighted by Gasteiger charge is -2.06. The Balaban J connectivity index is 2.65. The highest BCUT2D eigenvalue weighted by atomic mass is 14.0. The van der Waals surface area contributed by atoms with Crippen molar-refractivity contribution in [3.05, 3.63) is 54.1 Å². The Hall–Kier alpha value is -1.56. The molecule has 2 aromatic carbocycles. The van der Waals surface area contributed by atoms with Crippen molar-refractivity contribution in [3.8, 4) is 0 Å². The van der Waals surface area contributed by atoms with Gasteiger partial charge in [-0.05, 0) is 28.3 Å². The Kier molecular flexibility index (Phi) is 2.86. The second-order valence-corrected chi connectivity index (χ2v) is 3.86. The van der Waals surface area contributed by atoms with E-state index >= 15 is 0 Å². The Morgan fingerprint density at radius 3 is 2.73 bits per heavy atom. The van der Waals surface area contributed by atoms with E-state index in [0.717, 1.165) is 6.42 Å². The lowest BCUT2D eigenvalue weighted by molar-refractivity contribution is 0.923. The van der Waals surface area contributed by atoms with Gasteiger partial charge in [0.25, 0.3) is 0 Å². The smallest absolute Gasteiger partial charge is 0.0111 e. The maximum Gasteiger partial charge on any atom is -0.0111 e. The van der Waals surface area contributed by atoms with Crippen molar-refractivity contribution in [2.24, 2.45) is 0 Å². The summed E-state index contributed by atoms with van der Waals surface area (Å²) >= 11 is 0. The maximum atomic E-state index is 3.88. The van der Waals surface area contributed by atoms with Gasteiger partial charge in [0, 0.05) is 0 Å². The molecular weight excluding hydrogens is 180 g/mol. The zero-order valence-corrected chi connectivity index (χ0v) is 9.16. The predicted octanol–water partition coefficient (Wildman–Crippen LogP) is 4.44. The second kappa shape index (κ2) is 4.31. The molecule has 0 bridgehead atoms. The molecule has 0 aliphatic heterocycles. The second-order valence-electron chi connectivity index (χ2n) is 3.86. The van der Waals surface area contributed by atoms with Crippen molar-refractivity contribution in [3.63, 3.8) is 0 Å². The molecule has 0 atom stereocenters. The minimum absolute atomic E-state index is 1.14. The van der Waals surface area contributed by atoms with Crippen LogP contribution in [0.1, 0.15) is 24.5 Å². The Labute approximate surface area is 91.2 Å². The van der Waals surface area contributed by atoms with E-state index in [2.05, 4.69) is 49.9 Å². The zero-order chi connectivity index (χ0) is 10.7. The molecule has 0 nitrogen and oxygen atoms in total. The van der Waals surface area contributed by atoms with Crippen LogP contribution in [-0.2, 0) is 6.42 Å². The van der Waals surface area contributed by atoms with Gasteiger partial charge in [-0.2, -0.15) is 0 Å². The van der Waals surface area contributed by atoms with Gasteiger partial charge >= 0.3 is 0 Å². The first-order valence-electron chi connectivity index (χ1n) is 5.49. The number of benzene rings is 2. The third-order valence-electron chi connectivity index (χ3n) is 2.71. The molecule has 0 spiro atoms. The molecule has 0 saturated heterocycles. The van der Waals surface area contributed by atoms with E-state index in [-0.39, 0.29) is 0 Å². The molecule has 0 aliphatic rings. The van der Waals surface area contributed by atoms with E-state index in [9.17, 15) is 0 Å². The van der Waals surface area contributed by atoms with E-state index < -0.39 is 0 Å². The molecule has 0 radical (unpaired) electrons. The maximum absolute atomic E-state index is 3.88. The molecule has 0 amide bonds. The highest BCUT2D eigenvalue weighted by Gasteiger charge is 2.00. The van der Waals surface area contributed by atoms with Gasteiger partial charge in [0.15, 0.2) is 0 Å². The van der Waals surface area contributed by atoms with Gasteiger partial charge < -0.3 is 0 Å². The highest BCUT2D eigenvalue weighted by Crippen LogP contribution is 2.22. The van der Waals surface area contributed by atoms with Gasteiger partial charge in [-0.1, -0.05) is 62.4 Å². The molecule has 0 heterocycles. The summed E-state index contributed by atoms with van der Waals surface area (Å²) < 4.78 is 0. The van der Waals surface area contributed by atoms with Crippen molar-refractivity contribution in [2.75, 3.05) is 0 Å². The van der Waals surface area contributed by atoms with E-state index in [1.807, 2.05) is 6.08 Å². The normalized spacial score (nSPS) is 10.5. The van der Waals surface area contributed by atoms with Crippen LogP contribution < -0.4 is 0 Å². The molecule has 0 aliphatic carbocycles. The fraction of sp³-hybridized carbons (Fsp3) is 0.200. The summed E-state index contributed by atoms with van der Waals surface area (Å²) in [5.41, 5.74) is 2.66. The van der Waals surface area contributed by atoms with Gasteiger partial charge in [0.05, 0.1) is 0 Å². The summed E-state index contributed by atoms with van der Waals surface area (Å²) in [4.78, 5) is 0. The standard InChI is InChI=1S/C15H16/c1-3-7-12-10-13(4-2)15-9-6-5-8-14(15)11-12/h4-6,8-11H,2-3,7H2,1H3. The number of hydrogen-bond donors (Lipinski definition) is 0. The molecule has 0 N–H and O–H groups in total. The summed E-state index contributed by atoms with van der Waals surface area (Å²) in [5, 5.41) is 2.62. The van der Waals surface area contributed by atoms with Gasteiger partial charge in [-0.25, -0.2) is 0 Å². The predicted molar refractivity (Wildman–Crippen MR) is 68.0 cm³/mol. The Bertz CT molecular complexity index is 480. The van der Waals surface area contributed by atoms with Crippen molar-refractivity contribution in [1.29, 1.82) is 0 Å². The Morgan fingerprint density at radius 1 is 1.20 bits per heavy atom. The minimum atomic E-state index is 1.14. The number of hydrogen-bond acceptors (Lipinski definition) is 0. The fourth-order valence-corrected chi connectivity index (χ4v) is 2.01. The van der Waals surface area contributed by atoms with Crippen LogP contribution in [0, 0.1) is 0 Å². The monoisotopic (exact) mass is 196 g/mol. The van der Waals surface area contributed by atoms with Crippen LogP contribution in [0.25, 0.3) is 16.8 Å². The first-order valence-corrected chi connectivity index (χ1v) is 5.49. The quantitative estimate of drug-likeness (QED) is 0.681. The van der Waals surface area contributed by atoms with Crippen LogP contribution in [-0.4, -0.2) is 0 Å². The summed E-state index contributed by atoms with van der Waals surface area (Å²) in [6.45, 7) is 6.09. The third-order valence-corrected chi connectivity index (χ3v) is 2.71. The topological polar surface area (TPSA) is 0 Å². The molecular formula is C15H16.